The first-order valence-corrected chi connectivity index (χ1v) is 15.2. The topological polar surface area (TPSA) is 82.1 Å². The molecule has 0 fully saturated rings. The van der Waals surface area contributed by atoms with Gasteiger partial charge in [-0.25, -0.2) is 4.57 Å². The highest BCUT2D eigenvalue weighted by Crippen LogP contribution is 2.43. The van der Waals surface area contributed by atoms with Gasteiger partial charge in [0.1, 0.15) is 19.3 Å². The van der Waals surface area contributed by atoms with Crippen molar-refractivity contribution in [3.63, 3.8) is 0 Å². The Balaban J connectivity index is 3.65. The van der Waals surface area contributed by atoms with Crippen molar-refractivity contribution in [2.24, 2.45) is 0 Å². The summed E-state index contributed by atoms with van der Waals surface area (Å²) >= 11 is 0. The minimum Gasteiger partial charge on any atom is -0.462 e. The Morgan fingerprint density at radius 1 is 0.765 bits per heavy atom. The van der Waals surface area contributed by atoms with Gasteiger partial charge in [0.15, 0.2) is 0 Å². The van der Waals surface area contributed by atoms with E-state index in [0.717, 1.165) is 12.8 Å². The standard InChI is InChI=1S/C26H54NO6P/c1-5-6-7-8-9-10-11-12-13-14-15-16-17-18-19-20-21-26(31-25-28)24-33-34(29,30)32-23-22-27(2,3)4/h25-26H,5-24H2,1-4H3/p+1. The summed E-state index contributed by atoms with van der Waals surface area (Å²) in [5, 5.41) is 0. The lowest BCUT2D eigenvalue weighted by Crippen LogP contribution is -2.37. The van der Waals surface area contributed by atoms with Crippen molar-refractivity contribution in [3.8, 4) is 0 Å². The van der Waals surface area contributed by atoms with Crippen LogP contribution in [0.5, 0.6) is 0 Å². The first kappa shape index (κ1) is 33.5. The smallest absolute Gasteiger partial charge is 0.462 e. The molecule has 2 unspecified atom stereocenters. The quantitative estimate of drug-likeness (QED) is 0.0585. The highest BCUT2D eigenvalue weighted by atomic mass is 31.2. The number of likely N-dealkylation sites (N-methyl/N-ethyl adjacent to an activating group) is 1. The van der Waals surface area contributed by atoms with Crippen LogP contribution in [0.4, 0.5) is 0 Å². The van der Waals surface area contributed by atoms with Crippen LogP contribution in [0, 0.1) is 0 Å². The van der Waals surface area contributed by atoms with Gasteiger partial charge in [-0.2, -0.15) is 0 Å². The molecule has 0 amide bonds. The van der Waals surface area contributed by atoms with Crippen molar-refractivity contribution in [2.45, 2.75) is 122 Å². The van der Waals surface area contributed by atoms with Crippen LogP contribution >= 0.6 is 7.82 Å². The molecule has 0 bridgehead atoms. The summed E-state index contributed by atoms with van der Waals surface area (Å²) in [6.45, 7) is 3.22. The lowest BCUT2D eigenvalue weighted by Gasteiger charge is -2.24. The summed E-state index contributed by atoms with van der Waals surface area (Å²) in [4.78, 5) is 20.6. The summed E-state index contributed by atoms with van der Waals surface area (Å²) in [6, 6.07) is 0. The third-order valence-corrected chi connectivity index (χ3v) is 7.05. The van der Waals surface area contributed by atoms with Crippen molar-refractivity contribution in [3.05, 3.63) is 0 Å². The number of ether oxygens (including phenoxy) is 1. The first-order chi connectivity index (χ1) is 16.2. The normalized spacial score (nSPS) is 14.6. The van der Waals surface area contributed by atoms with Gasteiger partial charge < -0.3 is 14.1 Å². The average Bonchev–Trinajstić information content (AvgIpc) is 2.76. The van der Waals surface area contributed by atoms with E-state index in [1.807, 2.05) is 21.1 Å². The Labute approximate surface area is 210 Å². The minimum absolute atomic E-state index is 0.121. The Kier molecular flexibility index (Phi) is 21.5. The number of quaternary nitrogens is 1. The number of nitrogens with zero attached hydrogens (tertiary/aromatic N) is 1. The molecule has 0 aromatic rings. The summed E-state index contributed by atoms with van der Waals surface area (Å²) in [7, 11) is 1.77. The lowest BCUT2D eigenvalue weighted by atomic mass is 10.0. The molecule has 1 N–H and O–H groups in total. The first-order valence-electron chi connectivity index (χ1n) is 13.7. The molecule has 204 valence electrons. The van der Waals surface area contributed by atoms with Crippen LogP contribution in [0.2, 0.25) is 0 Å². The molecule has 0 aliphatic rings. The van der Waals surface area contributed by atoms with Crippen molar-refractivity contribution < 1.29 is 32.5 Å². The molecule has 0 aliphatic heterocycles. The molecule has 0 saturated heterocycles. The fourth-order valence-electron chi connectivity index (χ4n) is 3.83. The van der Waals surface area contributed by atoms with E-state index in [9.17, 15) is 14.3 Å². The monoisotopic (exact) mass is 508 g/mol. The zero-order valence-electron chi connectivity index (χ0n) is 22.7. The van der Waals surface area contributed by atoms with Crippen molar-refractivity contribution >= 4 is 14.3 Å². The third kappa shape index (κ3) is 24.7. The van der Waals surface area contributed by atoms with Gasteiger partial charge >= 0.3 is 7.82 Å². The van der Waals surface area contributed by atoms with Crippen molar-refractivity contribution in [1.82, 2.24) is 0 Å². The van der Waals surface area contributed by atoms with Crippen LogP contribution in [0.1, 0.15) is 116 Å². The Morgan fingerprint density at radius 2 is 1.21 bits per heavy atom. The van der Waals surface area contributed by atoms with Crippen LogP contribution in [-0.2, 0) is 23.1 Å². The molecule has 0 heterocycles. The number of phosphoric ester groups is 1. The molecular formula is C26H55NO6P+. The number of rotatable bonds is 26. The van der Waals surface area contributed by atoms with Gasteiger partial charge in [-0.15, -0.1) is 0 Å². The van der Waals surface area contributed by atoms with E-state index in [1.165, 1.54) is 89.9 Å². The van der Waals surface area contributed by atoms with Gasteiger partial charge in [0.2, 0.25) is 0 Å². The highest BCUT2D eigenvalue weighted by molar-refractivity contribution is 7.47. The maximum absolute atomic E-state index is 12.0. The highest BCUT2D eigenvalue weighted by Gasteiger charge is 2.25. The predicted octanol–water partition coefficient (Wildman–Crippen LogP) is 7.02. The fourth-order valence-corrected chi connectivity index (χ4v) is 4.58. The summed E-state index contributed by atoms with van der Waals surface area (Å²) in [5.74, 6) is 0. The van der Waals surface area contributed by atoms with Gasteiger partial charge in [-0.3, -0.25) is 13.8 Å². The minimum atomic E-state index is -4.14. The maximum Gasteiger partial charge on any atom is 0.472 e. The maximum atomic E-state index is 12.0. The molecule has 0 radical (unpaired) electrons. The van der Waals surface area contributed by atoms with Crippen LogP contribution in [-0.4, -0.2) is 62.9 Å². The predicted molar refractivity (Wildman–Crippen MR) is 140 cm³/mol. The summed E-state index contributed by atoms with van der Waals surface area (Å²) in [6.07, 6.45) is 20.9. The average molecular weight is 509 g/mol. The second-order valence-electron chi connectivity index (χ2n) is 10.6. The second-order valence-corrected chi connectivity index (χ2v) is 12.0. The van der Waals surface area contributed by atoms with Gasteiger partial charge in [0.05, 0.1) is 27.7 Å². The van der Waals surface area contributed by atoms with Gasteiger partial charge in [-0.1, -0.05) is 103 Å². The number of carbonyl (C=O) groups is 1. The number of hydrogen-bond acceptors (Lipinski definition) is 5. The Morgan fingerprint density at radius 3 is 1.62 bits per heavy atom. The number of phosphoric acid groups is 1. The molecule has 0 aromatic carbocycles. The molecule has 0 rings (SSSR count). The number of carbonyl (C=O) groups excluding carboxylic acids is 1. The summed E-state index contributed by atoms with van der Waals surface area (Å²) < 4.78 is 27.7. The zero-order valence-corrected chi connectivity index (χ0v) is 23.6. The fraction of sp³-hybridized carbons (Fsp3) is 0.962. The number of hydrogen-bond donors (Lipinski definition) is 1. The SMILES string of the molecule is CCCCCCCCCCCCCCCCCCC(COP(=O)(O)OCC[N+](C)(C)C)OC=O. The third-order valence-electron chi connectivity index (χ3n) is 6.07. The van der Waals surface area contributed by atoms with Gasteiger partial charge in [-0.05, 0) is 12.8 Å². The molecule has 0 spiro atoms. The van der Waals surface area contributed by atoms with Crippen LogP contribution < -0.4 is 0 Å². The van der Waals surface area contributed by atoms with E-state index in [4.69, 9.17) is 13.8 Å². The molecule has 7 nitrogen and oxygen atoms in total. The Bertz CT molecular complexity index is 512. The van der Waals surface area contributed by atoms with E-state index in [0.29, 0.717) is 23.9 Å². The zero-order chi connectivity index (χ0) is 25.5. The number of unbranched alkanes of at least 4 members (excludes halogenated alkanes) is 15. The summed E-state index contributed by atoms with van der Waals surface area (Å²) in [5.41, 5.74) is 0. The molecule has 0 saturated carbocycles. The van der Waals surface area contributed by atoms with Crippen molar-refractivity contribution in [2.75, 3.05) is 40.9 Å². The van der Waals surface area contributed by atoms with Crippen LogP contribution in [0.3, 0.4) is 0 Å². The van der Waals surface area contributed by atoms with Gasteiger partial charge in [0.25, 0.3) is 6.47 Å². The van der Waals surface area contributed by atoms with E-state index >= 15 is 0 Å². The van der Waals surface area contributed by atoms with Crippen LogP contribution in [0.25, 0.3) is 0 Å². The molecular weight excluding hydrogens is 453 g/mol. The lowest BCUT2D eigenvalue weighted by molar-refractivity contribution is -0.870. The Hall–Kier alpha value is -0.460. The molecule has 0 aliphatic carbocycles. The largest absolute Gasteiger partial charge is 0.472 e. The van der Waals surface area contributed by atoms with E-state index in [2.05, 4.69) is 6.92 Å². The van der Waals surface area contributed by atoms with E-state index in [1.54, 1.807) is 0 Å². The second kappa shape index (κ2) is 21.8. The van der Waals surface area contributed by atoms with E-state index in [-0.39, 0.29) is 13.2 Å². The molecule has 34 heavy (non-hydrogen) atoms. The van der Waals surface area contributed by atoms with Crippen molar-refractivity contribution in [1.29, 1.82) is 0 Å². The molecule has 8 heteroatoms. The molecule has 0 aromatic heterocycles. The van der Waals surface area contributed by atoms with Gasteiger partial charge in [0, 0.05) is 0 Å². The molecule has 2 atom stereocenters. The van der Waals surface area contributed by atoms with E-state index < -0.39 is 13.9 Å². The van der Waals surface area contributed by atoms with Crippen LogP contribution in [0.15, 0.2) is 0 Å².